The van der Waals surface area contributed by atoms with Crippen molar-refractivity contribution < 1.29 is 13.2 Å². The van der Waals surface area contributed by atoms with Crippen molar-refractivity contribution in [3.63, 3.8) is 0 Å². The summed E-state index contributed by atoms with van der Waals surface area (Å²) in [6, 6.07) is 7.56. The molecule has 1 aliphatic carbocycles. The highest BCUT2D eigenvalue weighted by Crippen LogP contribution is 2.27. The van der Waals surface area contributed by atoms with Crippen LogP contribution in [0, 0.1) is 5.92 Å². The zero-order chi connectivity index (χ0) is 19.7. The summed E-state index contributed by atoms with van der Waals surface area (Å²) >= 11 is 0. The molecule has 1 aliphatic rings. The zero-order valence-corrected chi connectivity index (χ0v) is 16.5. The van der Waals surface area contributed by atoms with Gasteiger partial charge in [-0.15, -0.1) is 0 Å². The third kappa shape index (κ3) is 3.80. The summed E-state index contributed by atoms with van der Waals surface area (Å²) in [6.45, 7) is 0.708. The highest BCUT2D eigenvalue weighted by atomic mass is 32.2. The lowest BCUT2D eigenvalue weighted by Gasteiger charge is -2.22. The molecule has 3 aromatic rings. The Bertz CT molecular complexity index is 1110. The smallest absolute Gasteiger partial charge is 0.274 e. The lowest BCUT2D eigenvalue weighted by Crippen LogP contribution is -2.22. The Labute approximate surface area is 163 Å². The molecule has 148 valence electrons. The van der Waals surface area contributed by atoms with Crippen molar-refractivity contribution in [2.75, 3.05) is 11.6 Å². The summed E-state index contributed by atoms with van der Waals surface area (Å²) in [7, 11) is -3.50. The molecule has 1 aromatic carbocycles. The molecule has 1 amide bonds. The van der Waals surface area contributed by atoms with Crippen LogP contribution in [0.4, 0.5) is 5.69 Å². The molecule has 2 aromatic heterocycles. The number of hydrogen-bond acceptors (Lipinski definition) is 5. The van der Waals surface area contributed by atoms with Crippen molar-refractivity contribution in [2.24, 2.45) is 5.92 Å². The van der Waals surface area contributed by atoms with Gasteiger partial charge in [0.1, 0.15) is 5.69 Å². The van der Waals surface area contributed by atoms with Crippen LogP contribution in [0.2, 0.25) is 0 Å². The van der Waals surface area contributed by atoms with E-state index in [0.29, 0.717) is 23.8 Å². The summed E-state index contributed by atoms with van der Waals surface area (Å²) in [5.41, 5.74) is 1.59. The molecule has 0 bridgehead atoms. The maximum atomic E-state index is 13.1. The van der Waals surface area contributed by atoms with Crippen molar-refractivity contribution in [1.82, 2.24) is 19.0 Å². The Morgan fingerprint density at radius 1 is 1.21 bits per heavy atom. The second kappa shape index (κ2) is 7.38. The number of carbonyl (C=O) groups is 1. The Morgan fingerprint density at radius 3 is 2.68 bits per heavy atom. The lowest BCUT2D eigenvalue weighted by atomic mass is 9.89. The molecule has 0 saturated heterocycles. The van der Waals surface area contributed by atoms with Crippen LogP contribution in [-0.4, -0.2) is 39.5 Å². The number of aromatic nitrogens is 4. The number of nitrogens with one attached hydrogen (secondary N) is 1. The number of anilines is 1. The largest absolute Gasteiger partial charge is 0.318 e. The molecule has 0 unspecified atom stereocenters. The van der Waals surface area contributed by atoms with Gasteiger partial charge in [-0.2, -0.15) is 14.3 Å². The molecule has 1 fully saturated rings. The Morgan fingerprint density at radius 2 is 1.96 bits per heavy atom. The number of hydrogen-bond donors (Lipinski definition) is 1. The minimum atomic E-state index is -3.50. The van der Waals surface area contributed by atoms with Gasteiger partial charge in [-0.25, -0.2) is 8.42 Å². The Kier molecular flexibility index (Phi) is 4.92. The van der Waals surface area contributed by atoms with E-state index in [4.69, 9.17) is 0 Å². The fourth-order valence-corrected chi connectivity index (χ4v) is 4.33. The van der Waals surface area contributed by atoms with E-state index in [1.165, 1.54) is 31.7 Å². The molecule has 0 spiro atoms. The zero-order valence-electron chi connectivity index (χ0n) is 15.7. The second-order valence-corrected chi connectivity index (χ2v) is 9.21. The molecule has 0 radical (unpaired) electrons. The van der Waals surface area contributed by atoms with Gasteiger partial charge in [0.25, 0.3) is 15.9 Å². The monoisotopic (exact) mass is 401 g/mol. The molecular weight excluding hydrogens is 378 g/mol. The van der Waals surface area contributed by atoms with E-state index in [-0.39, 0.29) is 5.91 Å². The molecule has 28 heavy (non-hydrogen) atoms. The van der Waals surface area contributed by atoms with Crippen molar-refractivity contribution >= 4 is 32.5 Å². The van der Waals surface area contributed by atoms with Crippen LogP contribution in [0.5, 0.6) is 0 Å². The first-order valence-corrected chi connectivity index (χ1v) is 11.3. The SMILES string of the molecule is CS(=O)(=O)n1cc(NC(=O)c2c3ccccc3nn2CC2CCCCC2)cn1. The average molecular weight is 401 g/mol. The van der Waals surface area contributed by atoms with Gasteiger partial charge in [-0.3, -0.25) is 9.48 Å². The average Bonchev–Trinajstić information content (AvgIpc) is 3.26. The van der Waals surface area contributed by atoms with Crippen LogP contribution in [-0.2, 0) is 16.6 Å². The van der Waals surface area contributed by atoms with E-state index in [2.05, 4.69) is 15.5 Å². The van der Waals surface area contributed by atoms with Gasteiger partial charge in [0.15, 0.2) is 0 Å². The predicted octanol–water partition coefficient (Wildman–Crippen LogP) is 2.87. The molecule has 8 nitrogen and oxygen atoms in total. The van der Waals surface area contributed by atoms with Crippen molar-refractivity contribution in [1.29, 1.82) is 0 Å². The minimum Gasteiger partial charge on any atom is -0.318 e. The Hall–Kier alpha value is -2.68. The van der Waals surface area contributed by atoms with Crippen LogP contribution in [0.15, 0.2) is 36.7 Å². The van der Waals surface area contributed by atoms with Crippen LogP contribution in [0.3, 0.4) is 0 Å². The van der Waals surface area contributed by atoms with Crippen LogP contribution in [0.1, 0.15) is 42.6 Å². The first kappa shape index (κ1) is 18.7. The van der Waals surface area contributed by atoms with Gasteiger partial charge >= 0.3 is 0 Å². The number of benzene rings is 1. The quantitative estimate of drug-likeness (QED) is 0.709. The van der Waals surface area contributed by atoms with Gasteiger partial charge in [-0.1, -0.05) is 37.5 Å². The van der Waals surface area contributed by atoms with E-state index >= 15 is 0 Å². The first-order valence-electron chi connectivity index (χ1n) is 9.44. The van der Waals surface area contributed by atoms with E-state index < -0.39 is 10.0 Å². The van der Waals surface area contributed by atoms with E-state index in [9.17, 15) is 13.2 Å². The van der Waals surface area contributed by atoms with Gasteiger partial charge in [0, 0.05) is 11.9 Å². The number of amides is 1. The number of nitrogens with zero attached hydrogens (tertiary/aromatic N) is 4. The first-order chi connectivity index (χ1) is 13.4. The Balaban J connectivity index is 1.65. The van der Waals surface area contributed by atoms with Crippen LogP contribution >= 0.6 is 0 Å². The highest BCUT2D eigenvalue weighted by molar-refractivity contribution is 7.89. The predicted molar refractivity (Wildman–Crippen MR) is 107 cm³/mol. The van der Waals surface area contributed by atoms with Crippen molar-refractivity contribution in [3.05, 3.63) is 42.4 Å². The molecular formula is C19H23N5O3S. The number of carbonyl (C=O) groups excluding carboxylic acids is 1. The summed E-state index contributed by atoms with van der Waals surface area (Å²) < 4.78 is 25.8. The normalized spacial score (nSPS) is 15.8. The third-order valence-corrected chi connectivity index (χ3v) is 6.05. The fraction of sp³-hybridized carbons (Fsp3) is 0.421. The van der Waals surface area contributed by atoms with Crippen LogP contribution < -0.4 is 5.32 Å². The maximum absolute atomic E-state index is 13.1. The number of rotatable bonds is 5. The highest BCUT2D eigenvalue weighted by Gasteiger charge is 2.22. The summed E-state index contributed by atoms with van der Waals surface area (Å²) in [5.74, 6) is 0.195. The summed E-state index contributed by atoms with van der Waals surface area (Å²) in [4.78, 5) is 13.1. The van der Waals surface area contributed by atoms with Crippen molar-refractivity contribution in [3.8, 4) is 0 Å². The van der Waals surface area contributed by atoms with Gasteiger partial charge in [0.2, 0.25) is 0 Å². The number of fused-ring (bicyclic) bond motifs is 1. The van der Waals surface area contributed by atoms with E-state index in [0.717, 1.165) is 34.1 Å². The lowest BCUT2D eigenvalue weighted by molar-refractivity contribution is 0.101. The fourth-order valence-electron chi connectivity index (χ4n) is 3.81. The third-order valence-electron chi connectivity index (χ3n) is 5.17. The van der Waals surface area contributed by atoms with Crippen LogP contribution in [0.25, 0.3) is 10.9 Å². The molecule has 9 heteroatoms. The van der Waals surface area contributed by atoms with E-state index in [1.807, 2.05) is 24.3 Å². The molecule has 4 rings (SSSR count). The molecule has 2 heterocycles. The minimum absolute atomic E-state index is 0.322. The molecule has 0 aliphatic heterocycles. The maximum Gasteiger partial charge on any atom is 0.274 e. The second-order valence-electron chi connectivity index (χ2n) is 7.37. The van der Waals surface area contributed by atoms with Gasteiger partial charge in [0.05, 0.1) is 29.9 Å². The van der Waals surface area contributed by atoms with E-state index in [1.54, 1.807) is 4.68 Å². The summed E-state index contributed by atoms with van der Waals surface area (Å²) in [6.07, 6.45) is 9.68. The topological polar surface area (TPSA) is 98.9 Å². The molecule has 1 N–H and O–H groups in total. The standard InChI is InChI=1S/C19H23N5O3S/c1-28(26,27)24-13-15(11-20-24)21-19(25)18-16-9-5-6-10-17(16)22-23(18)12-14-7-3-2-4-8-14/h5-6,9-11,13-14H,2-4,7-8,12H2,1H3,(H,21,25). The summed E-state index contributed by atoms with van der Waals surface area (Å²) in [5, 5.41) is 12.0. The van der Waals surface area contributed by atoms with Crippen molar-refractivity contribution in [2.45, 2.75) is 38.6 Å². The molecule has 1 saturated carbocycles. The van der Waals surface area contributed by atoms with Gasteiger partial charge in [-0.05, 0) is 24.8 Å². The van der Waals surface area contributed by atoms with Gasteiger partial charge < -0.3 is 5.32 Å². The molecule has 0 atom stereocenters.